The molecular formula is C26H33N7O4. The van der Waals surface area contributed by atoms with Gasteiger partial charge in [0, 0.05) is 55.3 Å². The van der Waals surface area contributed by atoms with Gasteiger partial charge >= 0.3 is 0 Å². The summed E-state index contributed by atoms with van der Waals surface area (Å²) in [7, 11) is 1.55. The van der Waals surface area contributed by atoms with Gasteiger partial charge in [0.1, 0.15) is 23.7 Å². The van der Waals surface area contributed by atoms with E-state index < -0.39 is 0 Å². The first-order valence-electron chi connectivity index (χ1n) is 12.5. The van der Waals surface area contributed by atoms with Gasteiger partial charge in [-0.1, -0.05) is 12.8 Å². The summed E-state index contributed by atoms with van der Waals surface area (Å²) in [6.45, 7) is 3.06. The lowest BCUT2D eigenvalue weighted by atomic mass is 10.1. The number of nitrogens with two attached hydrogens (primary N) is 1. The summed E-state index contributed by atoms with van der Waals surface area (Å²) in [6.07, 6.45) is 7.18. The Morgan fingerprint density at radius 3 is 2.59 bits per heavy atom. The molecule has 2 aromatic heterocycles. The van der Waals surface area contributed by atoms with Crippen LogP contribution in [0.5, 0.6) is 5.75 Å². The molecule has 1 aromatic carbocycles. The third-order valence-corrected chi connectivity index (χ3v) is 6.17. The molecule has 0 aliphatic carbocycles. The highest BCUT2D eigenvalue weighted by Crippen LogP contribution is 2.33. The number of pyridine rings is 1. The molecule has 3 heterocycles. The number of fused-ring (bicyclic) bond motifs is 1. The largest absolute Gasteiger partial charge is 0.494 e. The molecule has 1 fully saturated rings. The van der Waals surface area contributed by atoms with Crippen molar-refractivity contribution in [2.24, 2.45) is 5.73 Å². The van der Waals surface area contributed by atoms with Crippen LogP contribution in [0.3, 0.4) is 0 Å². The minimum absolute atomic E-state index is 0.112. The van der Waals surface area contributed by atoms with Gasteiger partial charge in [0.05, 0.1) is 31.5 Å². The number of ether oxygens (including phenoxy) is 2. The number of benzene rings is 1. The SMILES string of the molecule is COc1cc2ncnc(Nc3cc(N4CCOCC4)ccn3)c2cc1NC(=O)CCCCCCC(N)=O. The molecule has 4 rings (SSSR count). The van der Waals surface area contributed by atoms with Crippen LogP contribution in [0.15, 0.2) is 36.8 Å². The number of methoxy groups -OCH3 is 1. The number of carbonyl (C=O) groups excluding carboxylic acids is 2. The normalized spacial score (nSPS) is 13.4. The van der Waals surface area contributed by atoms with Crippen LogP contribution in [-0.4, -0.2) is 60.2 Å². The predicted octanol–water partition coefficient (Wildman–Crippen LogP) is 3.38. The quantitative estimate of drug-likeness (QED) is 0.314. The third-order valence-electron chi connectivity index (χ3n) is 6.17. The van der Waals surface area contributed by atoms with E-state index >= 15 is 0 Å². The Balaban J connectivity index is 1.46. The number of anilines is 4. The fraction of sp³-hybridized carbons (Fsp3) is 0.423. The molecule has 1 aliphatic heterocycles. The van der Waals surface area contributed by atoms with E-state index in [1.165, 1.54) is 6.33 Å². The fourth-order valence-corrected chi connectivity index (χ4v) is 4.23. The zero-order valence-corrected chi connectivity index (χ0v) is 21.0. The lowest BCUT2D eigenvalue weighted by Gasteiger charge is -2.29. The highest BCUT2D eigenvalue weighted by molar-refractivity contribution is 5.99. The molecule has 2 amide bonds. The number of carbonyl (C=O) groups is 2. The van der Waals surface area contributed by atoms with Crippen molar-refractivity contribution in [1.82, 2.24) is 15.0 Å². The Morgan fingerprint density at radius 2 is 1.84 bits per heavy atom. The van der Waals surface area contributed by atoms with Crippen molar-refractivity contribution in [3.05, 3.63) is 36.8 Å². The first kappa shape index (κ1) is 26.1. The van der Waals surface area contributed by atoms with E-state index in [1.807, 2.05) is 18.2 Å². The van der Waals surface area contributed by atoms with Crippen molar-refractivity contribution >= 4 is 45.7 Å². The van der Waals surface area contributed by atoms with E-state index in [2.05, 4.69) is 30.5 Å². The summed E-state index contributed by atoms with van der Waals surface area (Å²) < 4.78 is 11.0. The number of primary amides is 1. The van der Waals surface area contributed by atoms with Crippen LogP contribution in [0.1, 0.15) is 38.5 Å². The molecule has 196 valence electrons. The van der Waals surface area contributed by atoms with Crippen LogP contribution in [0.2, 0.25) is 0 Å². The molecule has 11 heteroatoms. The third kappa shape index (κ3) is 7.26. The van der Waals surface area contributed by atoms with Gasteiger partial charge in [-0.2, -0.15) is 0 Å². The average Bonchev–Trinajstić information content (AvgIpc) is 2.91. The molecule has 3 aromatic rings. The summed E-state index contributed by atoms with van der Waals surface area (Å²) in [6, 6.07) is 7.55. The van der Waals surface area contributed by atoms with Crippen molar-refractivity contribution in [2.75, 3.05) is 48.9 Å². The van der Waals surface area contributed by atoms with Crippen molar-refractivity contribution in [2.45, 2.75) is 38.5 Å². The molecule has 4 N–H and O–H groups in total. The van der Waals surface area contributed by atoms with E-state index in [0.717, 1.165) is 49.8 Å². The maximum atomic E-state index is 12.6. The lowest BCUT2D eigenvalue weighted by molar-refractivity contribution is -0.118. The average molecular weight is 508 g/mol. The molecule has 0 saturated carbocycles. The van der Waals surface area contributed by atoms with Crippen LogP contribution < -0.4 is 26.0 Å². The van der Waals surface area contributed by atoms with Gasteiger partial charge in [0.15, 0.2) is 0 Å². The number of morpholine rings is 1. The zero-order valence-electron chi connectivity index (χ0n) is 21.0. The number of hydrogen-bond acceptors (Lipinski definition) is 9. The maximum absolute atomic E-state index is 12.6. The van der Waals surface area contributed by atoms with Gasteiger partial charge in [0.25, 0.3) is 0 Å². The van der Waals surface area contributed by atoms with Crippen molar-refractivity contribution < 1.29 is 19.1 Å². The van der Waals surface area contributed by atoms with Gasteiger partial charge in [-0.05, 0) is 25.0 Å². The van der Waals surface area contributed by atoms with Crippen molar-refractivity contribution in [1.29, 1.82) is 0 Å². The van der Waals surface area contributed by atoms with Gasteiger partial charge in [-0.3, -0.25) is 9.59 Å². The summed E-state index contributed by atoms with van der Waals surface area (Å²) in [5, 5.41) is 6.98. The zero-order chi connectivity index (χ0) is 26.0. The summed E-state index contributed by atoms with van der Waals surface area (Å²) in [4.78, 5) is 39.0. The van der Waals surface area contributed by atoms with Crippen molar-refractivity contribution in [3.8, 4) is 5.75 Å². The topological polar surface area (TPSA) is 145 Å². The van der Waals surface area contributed by atoms with Gasteiger partial charge in [-0.25, -0.2) is 15.0 Å². The summed E-state index contributed by atoms with van der Waals surface area (Å²) in [5.74, 6) is 1.34. The predicted molar refractivity (Wildman–Crippen MR) is 142 cm³/mol. The number of amides is 2. The van der Waals surface area contributed by atoms with E-state index in [4.69, 9.17) is 15.2 Å². The number of rotatable bonds is 12. The summed E-state index contributed by atoms with van der Waals surface area (Å²) >= 11 is 0. The smallest absolute Gasteiger partial charge is 0.224 e. The molecule has 11 nitrogen and oxygen atoms in total. The van der Waals surface area contributed by atoms with Crippen LogP contribution in [-0.2, 0) is 14.3 Å². The van der Waals surface area contributed by atoms with E-state index in [0.29, 0.717) is 54.6 Å². The Kier molecular flexibility index (Phi) is 9.03. The number of nitrogens with one attached hydrogen (secondary N) is 2. The Hall–Kier alpha value is -3.99. The number of hydrogen-bond donors (Lipinski definition) is 3. The molecular weight excluding hydrogens is 474 g/mol. The fourth-order valence-electron chi connectivity index (χ4n) is 4.23. The second-order valence-electron chi connectivity index (χ2n) is 8.84. The van der Waals surface area contributed by atoms with Crippen LogP contribution >= 0.6 is 0 Å². The lowest BCUT2D eigenvalue weighted by Crippen LogP contribution is -2.36. The molecule has 0 bridgehead atoms. The standard InChI is InChI=1S/C26H33N7O4/c1-36-22-16-20-19(15-21(22)31-25(35)7-5-3-2-4-6-23(27)34)26(30-17-29-20)32-24-14-18(8-9-28-24)33-10-12-37-13-11-33/h8-9,14-17H,2-7,10-13H2,1H3,(H2,27,34)(H,31,35)(H,28,29,30,32). The second kappa shape index (κ2) is 12.8. The number of nitrogens with zero attached hydrogens (tertiary/aromatic N) is 4. The monoisotopic (exact) mass is 507 g/mol. The second-order valence-corrected chi connectivity index (χ2v) is 8.84. The molecule has 0 unspecified atom stereocenters. The van der Waals surface area contributed by atoms with Crippen LogP contribution in [0.25, 0.3) is 10.9 Å². The van der Waals surface area contributed by atoms with Gasteiger partial charge in [-0.15, -0.1) is 0 Å². The molecule has 0 radical (unpaired) electrons. The molecule has 37 heavy (non-hydrogen) atoms. The highest BCUT2D eigenvalue weighted by Gasteiger charge is 2.15. The van der Waals surface area contributed by atoms with Crippen LogP contribution in [0.4, 0.5) is 23.0 Å². The van der Waals surface area contributed by atoms with Gasteiger partial charge < -0.3 is 30.7 Å². The number of unbranched alkanes of at least 4 members (excludes halogenated alkanes) is 3. The van der Waals surface area contributed by atoms with Crippen LogP contribution in [0, 0.1) is 0 Å². The molecule has 0 spiro atoms. The van der Waals surface area contributed by atoms with Gasteiger partial charge in [0.2, 0.25) is 11.8 Å². The first-order chi connectivity index (χ1) is 18.0. The van der Waals surface area contributed by atoms with E-state index in [1.54, 1.807) is 19.4 Å². The van der Waals surface area contributed by atoms with E-state index in [9.17, 15) is 9.59 Å². The van der Waals surface area contributed by atoms with E-state index in [-0.39, 0.29) is 11.8 Å². The first-order valence-corrected chi connectivity index (χ1v) is 12.5. The Bertz CT molecular complexity index is 1230. The number of aromatic nitrogens is 3. The highest BCUT2D eigenvalue weighted by atomic mass is 16.5. The Labute approximate surface area is 215 Å². The minimum atomic E-state index is -0.292. The van der Waals surface area contributed by atoms with Crippen molar-refractivity contribution in [3.63, 3.8) is 0 Å². The molecule has 0 atom stereocenters. The molecule has 1 saturated heterocycles. The summed E-state index contributed by atoms with van der Waals surface area (Å²) in [5.41, 5.74) is 7.44. The Morgan fingerprint density at radius 1 is 1.05 bits per heavy atom. The molecule has 1 aliphatic rings. The maximum Gasteiger partial charge on any atom is 0.224 e. The minimum Gasteiger partial charge on any atom is -0.494 e.